The first kappa shape index (κ1) is 24.8. The summed E-state index contributed by atoms with van der Waals surface area (Å²) in [6, 6.07) is 26.2. The molecule has 0 aliphatic carbocycles. The molecule has 0 radical (unpaired) electrons. The van der Waals surface area contributed by atoms with Crippen molar-refractivity contribution < 1.29 is 0 Å². The molecule has 3 aromatic carbocycles. The highest BCUT2D eigenvalue weighted by atomic mass is 35.5. The lowest BCUT2D eigenvalue weighted by atomic mass is 10.1. The van der Waals surface area contributed by atoms with E-state index in [1.165, 1.54) is 21.0 Å². The molecule has 0 amide bonds. The standard InChI is InChI=1S/C28H30N4O2.ClH/c1-29-26(23-10-3-2-4-11-23)21-27(33)32(28(29)34)16-8-15-30-17-19-31(20-18-30)25-14-7-12-22-9-5-6-13-24(22)25;/h2-7,9-14,21H,8,15-20H2,1H3;1H. The van der Waals surface area contributed by atoms with Gasteiger partial charge in [-0.15, -0.1) is 12.4 Å². The molecule has 0 saturated carbocycles. The van der Waals surface area contributed by atoms with E-state index in [2.05, 4.69) is 52.3 Å². The second-order valence-electron chi connectivity index (χ2n) is 8.91. The molecule has 7 heteroatoms. The summed E-state index contributed by atoms with van der Waals surface area (Å²) < 4.78 is 2.93. The summed E-state index contributed by atoms with van der Waals surface area (Å²) in [5.41, 5.74) is 2.33. The van der Waals surface area contributed by atoms with E-state index < -0.39 is 0 Å². The quantitative estimate of drug-likeness (QED) is 0.410. The van der Waals surface area contributed by atoms with Gasteiger partial charge in [-0.25, -0.2) is 4.79 Å². The molecule has 1 aliphatic rings. The number of piperazine rings is 1. The Kier molecular flexibility index (Phi) is 7.73. The molecular formula is C28H31ClN4O2. The van der Waals surface area contributed by atoms with E-state index in [4.69, 9.17) is 0 Å². The maximum atomic E-state index is 12.9. The molecule has 5 rings (SSSR count). The van der Waals surface area contributed by atoms with Crippen molar-refractivity contribution >= 4 is 28.9 Å². The van der Waals surface area contributed by atoms with Gasteiger partial charge in [-0.2, -0.15) is 0 Å². The smallest absolute Gasteiger partial charge is 0.331 e. The van der Waals surface area contributed by atoms with Crippen LogP contribution in [-0.4, -0.2) is 46.8 Å². The Balaban J connectivity index is 0.00000289. The van der Waals surface area contributed by atoms with Gasteiger partial charge in [0.1, 0.15) is 0 Å². The summed E-state index contributed by atoms with van der Waals surface area (Å²) in [4.78, 5) is 30.5. The van der Waals surface area contributed by atoms with Gasteiger partial charge in [0.05, 0.1) is 5.69 Å². The Hall–Kier alpha value is -3.35. The SMILES string of the molecule is Cl.Cn1c(-c2ccccc2)cc(=O)n(CCCN2CCN(c3cccc4ccccc34)CC2)c1=O. The molecule has 1 saturated heterocycles. The summed E-state index contributed by atoms with van der Waals surface area (Å²) in [5.74, 6) is 0. The van der Waals surface area contributed by atoms with Crippen molar-refractivity contribution in [2.75, 3.05) is 37.6 Å². The van der Waals surface area contributed by atoms with E-state index in [1.54, 1.807) is 17.7 Å². The molecule has 35 heavy (non-hydrogen) atoms. The summed E-state index contributed by atoms with van der Waals surface area (Å²) in [7, 11) is 1.73. The van der Waals surface area contributed by atoms with Gasteiger partial charge in [0.2, 0.25) is 0 Å². The monoisotopic (exact) mass is 490 g/mol. The van der Waals surface area contributed by atoms with Crippen LogP contribution in [0.15, 0.2) is 88.5 Å². The van der Waals surface area contributed by atoms with Crippen LogP contribution in [0.3, 0.4) is 0 Å². The molecule has 1 aliphatic heterocycles. The zero-order valence-corrected chi connectivity index (χ0v) is 20.8. The summed E-state index contributed by atoms with van der Waals surface area (Å²) >= 11 is 0. The fraction of sp³-hybridized carbons (Fsp3) is 0.286. The predicted octanol–water partition coefficient (Wildman–Crippen LogP) is 4.00. The van der Waals surface area contributed by atoms with Crippen LogP contribution in [0.5, 0.6) is 0 Å². The van der Waals surface area contributed by atoms with Crippen molar-refractivity contribution in [2.45, 2.75) is 13.0 Å². The van der Waals surface area contributed by atoms with Crippen molar-refractivity contribution in [2.24, 2.45) is 7.05 Å². The zero-order chi connectivity index (χ0) is 23.5. The third-order valence-electron chi connectivity index (χ3n) is 6.81. The maximum Gasteiger partial charge on any atom is 0.331 e. The van der Waals surface area contributed by atoms with Gasteiger partial charge in [0, 0.05) is 56.9 Å². The summed E-state index contributed by atoms with van der Waals surface area (Å²) in [6.07, 6.45) is 0.772. The number of hydrogen-bond donors (Lipinski definition) is 0. The van der Waals surface area contributed by atoms with Gasteiger partial charge in [0.15, 0.2) is 0 Å². The minimum Gasteiger partial charge on any atom is -0.368 e. The van der Waals surface area contributed by atoms with Crippen LogP contribution in [0.4, 0.5) is 5.69 Å². The van der Waals surface area contributed by atoms with E-state index >= 15 is 0 Å². The first-order valence-electron chi connectivity index (χ1n) is 11.9. The van der Waals surface area contributed by atoms with Gasteiger partial charge in [0.25, 0.3) is 5.56 Å². The predicted molar refractivity (Wildman–Crippen MR) is 146 cm³/mol. The Bertz CT molecular complexity index is 1400. The lowest BCUT2D eigenvalue weighted by molar-refractivity contribution is 0.249. The van der Waals surface area contributed by atoms with Crippen LogP contribution in [0.25, 0.3) is 22.0 Å². The lowest BCUT2D eigenvalue weighted by Gasteiger charge is -2.36. The molecule has 0 atom stereocenters. The molecule has 1 aromatic heterocycles. The van der Waals surface area contributed by atoms with E-state index in [0.717, 1.165) is 44.7 Å². The minimum atomic E-state index is -0.257. The lowest BCUT2D eigenvalue weighted by Crippen LogP contribution is -2.47. The molecule has 6 nitrogen and oxygen atoms in total. The van der Waals surface area contributed by atoms with Crippen molar-refractivity contribution in [1.29, 1.82) is 0 Å². The second-order valence-corrected chi connectivity index (χ2v) is 8.91. The van der Waals surface area contributed by atoms with Crippen LogP contribution < -0.4 is 16.1 Å². The van der Waals surface area contributed by atoms with Gasteiger partial charge < -0.3 is 4.90 Å². The summed E-state index contributed by atoms with van der Waals surface area (Å²) in [6.45, 7) is 5.21. The van der Waals surface area contributed by atoms with Crippen molar-refractivity contribution in [1.82, 2.24) is 14.0 Å². The highest BCUT2D eigenvalue weighted by Gasteiger charge is 2.18. The first-order valence-corrected chi connectivity index (χ1v) is 11.9. The largest absolute Gasteiger partial charge is 0.368 e. The Morgan fingerprint density at radius 2 is 1.46 bits per heavy atom. The summed E-state index contributed by atoms with van der Waals surface area (Å²) in [5, 5.41) is 2.57. The second kappa shape index (κ2) is 10.9. The van der Waals surface area contributed by atoms with Gasteiger partial charge in [-0.3, -0.25) is 18.8 Å². The van der Waals surface area contributed by atoms with Crippen LogP contribution in [-0.2, 0) is 13.6 Å². The number of anilines is 1. The number of benzene rings is 3. The first-order chi connectivity index (χ1) is 16.6. The molecule has 0 unspecified atom stereocenters. The molecule has 2 heterocycles. The Labute approximate surface area is 211 Å². The highest BCUT2D eigenvalue weighted by Crippen LogP contribution is 2.27. The molecule has 4 aromatic rings. The van der Waals surface area contributed by atoms with Crippen LogP contribution in [0.1, 0.15) is 6.42 Å². The fourth-order valence-corrected chi connectivity index (χ4v) is 4.91. The Morgan fingerprint density at radius 3 is 2.23 bits per heavy atom. The maximum absolute atomic E-state index is 12.9. The van der Waals surface area contributed by atoms with Crippen LogP contribution in [0.2, 0.25) is 0 Å². The van der Waals surface area contributed by atoms with E-state index in [0.29, 0.717) is 12.2 Å². The number of aromatic nitrogens is 2. The third-order valence-corrected chi connectivity index (χ3v) is 6.81. The third kappa shape index (κ3) is 5.19. The zero-order valence-electron chi connectivity index (χ0n) is 20.0. The minimum absolute atomic E-state index is 0. The van der Waals surface area contributed by atoms with Gasteiger partial charge in [-0.05, 0) is 30.0 Å². The number of halogens is 1. The van der Waals surface area contributed by atoms with Crippen molar-refractivity contribution in [3.63, 3.8) is 0 Å². The van der Waals surface area contributed by atoms with Crippen molar-refractivity contribution in [3.8, 4) is 11.3 Å². The average Bonchev–Trinajstić information content (AvgIpc) is 2.89. The topological polar surface area (TPSA) is 50.5 Å². The highest BCUT2D eigenvalue weighted by molar-refractivity contribution is 5.94. The number of fused-ring (bicyclic) bond motifs is 1. The van der Waals surface area contributed by atoms with E-state index in [9.17, 15) is 9.59 Å². The molecule has 0 bridgehead atoms. The normalized spacial score (nSPS) is 14.1. The number of nitrogens with zero attached hydrogens (tertiary/aromatic N) is 4. The van der Waals surface area contributed by atoms with E-state index in [-0.39, 0.29) is 23.7 Å². The van der Waals surface area contributed by atoms with Crippen molar-refractivity contribution in [3.05, 3.63) is 99.7 Å². The van der Waals surface area contributed by atoms with Crippen LogP contribution in [0, 0.1) is 0 Å². The fourth-order valence-electron chi connectivity index (χ4n) is 4.91. The van der Waals surface area contributed by atoms with Gasteiger partial charge >= 0.3 is 5.69 Å². The van der Waals surface area contributed by atoms with Gasteiger partial charge in [-0.1, -0.05) is 66.7 Å². The molecule has 182 valence electrons. The number of hydrogen-bond acceptors (Lipinski definition) is 4. The van der Waals surface area contributed by atoms with E-state index in [1.807, 2.05) is 30.3 Å². The van der Waals surface area contributed by atoms with Crippen LogP contribution >= 0.6 is 12.4 Å². The Morgan fingerprint density at radius 1 is 0.771 bits per heavy atom. The molecular weight excluding hydrogens is 460 g/mol. The number of rotatable bonds is 6. The molecule has 0 spiro atoms. The molecule has 1 fully saturated rings. The average molecular weight is 491 g/mol. The molecule has 0 N–H and O–H groups in total.